The van der Waals surface area contributed by atoms with Gasteiger partial charge < -0.3 is 5.73 Å². The second-order valence-electron chi connectivity index (χ2n) is 3.47. The van der Waals surface area contributed by atoms with Gasteiger partial charge in [-0.2, -0.15) is 0 Å². The molecule has 3 heteroatoms. The molecule has 0 aromatic heterocycles. The van der Waals surface area contributed by atoms with Gasteiger partial charge in [0.05, 0.1) is 0 Å². The zero-order valence-corrected chi connectivity index (χ0v) is 8.49. The van der Waals surface area contributed by atoms with Crippen molar-refractivity contribution in [1.29, 1.82) is 0 Å². The summed E-state index contributed by atoms with van der Waals surface area (Å²) >= 11 is 0. The molecular weight excluding hydrogens is 158 g/mol. The van der Waals surface area contributed by atoms with E-state index in [0.29, 0.717) is 5.92 Å². The van der Waals surface area contributed by atoms with Crippen molar-refractivity contribution in [2.45, 2.75) is 33.2 Å². The Morgan fingerprint density at radius 1 is 1.36 bits per heavy atom. The van der Waals surface area contributed by atoms with E-state index in [9.17, 15) is 4.21 Å². The van der Waals surface area contributed by atoms with E-state index in [2.05, 4.69) is 13.8 Å². The molecule has 2 N–H and O–H groups in total. The van der Waals surface area contributed by atoms with Crippen molar-refractivity contribution in [2.24, 2.45) is 11.7 Å². The molecule has 0 heterocycles. The highest BCUT2D eigenvalue weighted by Gasteiger charge is 2.03. The molecule has 0 aromatic carbocycles. The van der Waals surface area contributed by atoms with E-state index in [1.165, 1.54) is 0 Å². The van der Waals surface area contributed by atoms with Crippen LogP contribution < -0.4 is 5.73 Å². The van der Waals surface area contributed by atoms with Crippen molar-refractivity contribution in [3.63, 3.8) is 0 Å². The first-order valence-electron chi connectivity index (χ1n) is 4.13. The number of rotatable bonds is 5. The first-order valence-corrected chi connectivity index (χ1v) is 5.61. The third-order valence-electron chi connectivity index (χ3n) is 1.32. The maximum absolute atomic E-state index is 11.2. The van der Waals surface area contributed by atoms with E-state index in [4.69, 9.17) is 5.73 Å². The van der Waals surface area contributed by atoms with Crippen LogP contribution in [0.25, 0.3) is 0 Å². The molecule has 11 heavy (non-hydrogen) atoms. The second kappa shape index (κ2) is 5.72. The predicted octanol–water partition coefficient (Wildman–Crippen LogP) is 1.13. The molecule has 2 atom stereocenters. The summed E-state index contributed by atoms with van der Waals surface area (Å²) in [5.74, 6) is 2.10. The summed E-state index contributed by atoms with van der Waals surface area (Å²) in [4.78, 5) is 0. The van der Waals surface area contributed by atoms with Crippen molar-refractivity contribution in [2.75, 3.05) is 11.5 Å². The lowest BCUT2D eigenvalue weighted by molar-refractivity contribution is 0.652. The fourth-order valence-electron chi connectivity index (χ4n) is 0.772. The van der Waals surface area contributed by atoms with Crippen LogP contribution in [-0.4, -0.2) is 21.8 Å². The lowest BCUT2D eigenvalue weighted by atomic mass is 10.3. The molecule has 2 unspecified atom stereocenters. The predicted molar refractivity (Wildman–Crippen MR) is 51.0 cm³/mol. The van der Waals surface area contributed by atoms with Gasteiger partial charge >= 0.3 is 0 Å². The molecule has 0 radical (unpaired) electrons. The van der Waals surface area contributed by atoms with Crippen LogP contribution in [0.5, 0.6) is 0 Å². The molecule has 0 saturated heterocycles. The zero-order chi connectivity index (χ0) is 8.85. The molecule has 0 aromatic rings. The van der Waals surface area contributed by atoms with E-state index in [1.54, 1.807) is 0 Å². The summed E-state index contributed by atoms with van der Waals surface area (Å²) in [5, 5.41) is 0. The van der Waals surface area contributed by atoms with Crippen LogP contribution in [0.3, 0.4) is 0 Å². The summed E-state index contributed by atoms with van der Waals surface area (Å²) in [5.41, 5.74) is 5.54. The molecule has 0 bridgehead atoms. The summed E-state index contributed by atoms with van der Waals surface area (Å²) < 4.78 is 11.2. The third-order valence-corrected chi connectivity index (χ3v) is 3.05. The minimum absolute atomic E-state index is 0.186. The molecular formula is C8H19NOS. The van der Waals surface area contributed by atoms with E-state index in [0.717, 1.165) is 17.9 Å². The molecule has 0 fully saturated rings. The van der Waals surface area contributed by atoms with E-state index < -0.39 is 10.8 Å². The maximum Gasteiger partial charge on any atom is 0.0257 e. The zero-order valence-electron chi connectivity index (χ0n) is 7.67. The second-order valence-corrected chi connectivity index (χ2v) is 5.09. The Kier molecular flexibility index (Phi) is 5.78. The largest absolute Gasteiger partial charge is 0.328 e. The van der Waals surface area contributed by atoms with Crippen molar-refractivity contribution in [3.8, 4) is 0 Å². The Morgan fingerprint density at radius 3 is 2.27 bits per heavy atom. The normalized spacial score (nSPS) is 16.8. The molecule has 0 aliphatic rings. The molecule has 68 valence electrons. The Balaban J connectivity index is 3.38. The van der Waals surface area contributed by atoms with Crippen LogP contribution in [0.15, 0.2) is 0 Å². The van der Waals surface area contributed by atoms with Gasteiger partial charge in [0, 0.05) is 28.3 Å². The lowest BCUT2D eigenvalue weighted by Gasteiger charge is -2.06. The van der Waals surface area contributed by atoms with Crippen LogP contribution >= 0.6 is 0 Å². The third kappa shape index (κ3) is 8.01. The SMILES string of the molecule is CC(C)CS(=O)CCC(C)N. The molecule has 0 aliphatic carbocycles. The summed E-state index contributed by atoms with van der Waals surface area (Å²) in [7, 11) is -0.651. The van der Waals surface area contributed by atoms with Gasteiger partial charge in [-0.15, -0.1) is 0 Å². The maximum atomic E-state index is 11.2. The highest BCUT2D eigenvalue weighted by atomic mass is 32.2. The molecule has 0 aliphatic heterocycles. The van der Waals surface area contributed by atoms with Crippen molar-refractivity contribution in [3.05, 3.63) is 0 Å². The van der Waals surface area contributed by atoms with Gasteiger partial charge in [-0.25, -0.2) is 0 Å². The Labute approximate surface area is 72.0 Å². The summed E-state index contributed by atoms with van der Waals surface area (Å²) in [6, 6.07) is 0.186. The minimum atomic E-state index is -0.651. The highest BCUT2D eigenvalue weighted by molar-refractivity contribution is 7.84. The Hall–Kier alpha value is 0.110. The van der Waals surface area contributed by atoms with Crippen molar-refractivity contribution < 1.29 is 4.21 Å². The van der Waals surface area contributed by atoms with E-state index in [-0.39, 0.29) is 6.04 Å². The van der Waals surface area contributed by atoms with Crippen LogP contribution in [0, 0.1) is 5.92 Å². The number of nitrogens with two attached hydrogens (primary N) is 1. The van der Waals surface area contributed by atoms with Gasteiger partial charge in [-0.3, -0.25) is 4.21 Å². The van der Waals surface area contributed by atoms with Crippen molar-refractivity contribution >= 4 is 10.8 Å². The van der Waals surface area contributed by atoms with Gasteiger partial charge in [0.2, 0.25) is 0 Å². The van der Waals surface area contributed by atoms with Crippen LogP contribution in [0.4, 0.5) is 0 Å². The number of hydrogen-bond donors (Lipinski definition) is 1. The Morgan fingerprint density at radius 2 is 1.91 bits per heavy atom. The Bertz CT molecular complexity index is 123. The average Bonchev–Trinajstić information content (AvgIpc) is 1.82. The number of hydrogen-bond acceptors (Lipinski definition) is 2. The monoisotopic (exact) mass is 177 g/mol. The highest BCUT2D eigenvalue weighted by Crippen LogP contribution is 1.98. The topological polar surface area (TPSA) is 43.1 Å². The standard InChI is InChI=1S/C8H19NOS/c1-7(2)6-11(10)5-4-8(3)9/h7-8H,4-6,9H2,1-3H3. The van der Waals surface area contributed by atoms with Crippen molar-refractivity contribution in [1.82, 2.24) is 0 Å². The van der Waals surface area contributed by atoms with Gasteiger partial charge in [-0.05, 0) is 19.3 Å². The molecule has 0 saturated carbocycles. The smallest absolute Gasteiger partial charge is 0.0257 e. The first-order chi connectivity index (χ1) is 5.02. The van der Waals surface area contributed by atoms with E-state index >= 15 is 0 Å². The van der Waals surface area contributed by atoms with Gasteiger partial charge in [0.15, 0.2) is 0 Å². The first kappa shape index (κ1) is 11.1. The quantitative estimate of drug-likeness (QED) is 0.684. The molecule has 0 rings (SSSR count). The molecule has 0 spiro atoms. The fourth-order valence-corrected chi connectivity index (χ4v) is 2.32. The van der Waals surface area contributed by atoms with Gasteiger partial charge in [0.1, 0.15) is 0 Å². The van der Waals surface area contributed by atoms with E-state index in [1.807, 2.05) is 6.92 Å². The summed E-state index contributed by atoms with van der Waals surface area (Å²) in [6.07, 6.45) is 0.874. The summed E-state index contributed by atoms with van der Waals surface area (Å²) in [6.45, 7) is 6.13. The molecule has 2 nitrogen and oxygen atoms in total. The van der Waals surface area contributed by atoms with Gasteiger partial charge in [-0.1, -0.05) is 13.8 Å². The van der Waals surface area contributed by atoms with Crippen LogP contribution in [0.2, 0.25) is 0 Å². The van der Waals surface area contributed by atoms with Gasteiger partial charge in [0.25, 0.3) is 0 Å². The lowest BCUT2D eigenvalue weighted by Crippen LogP contribution is -2.19. The minimum Gasteiger partial charge on any atom is -0.328 e. The fraction of sp³-hybridized carbons (Fsp3) is 1.00. The molecule has 0 amide bonds. The van der Waals surface area contributed by atoms with Crippen LogP contribution in [0.1, 0.15) is 27.2 Å². The average molecular weight is 177 g/mol. The van der Waals surface area contributed by atoms with Crippen LogP contribution in [-0.2, 0) is 10.8 Å².